The molecular formula is C8H13NO2S. The molecule has 0 N–H and O–H groups in total. The average molecular weight is 187 g/mol. The zero-order chi connectivity index (χ0) is 9.56. The van der Waals surface area contributed by atoms with Crippen LogP contribution in [-0.4, -0.2) is 23.3 Å². The van der Waals surface area contributed by atoms with E-state index in [1.807, 2.05) is 6.92 Å². The Kier molecular flexibility index (Phi) is 5.45. The highest BCUT2D eigenvalue weighted by Gasteiger charge is 2.05. The van der Waals surface area contributed by atoms with Gasteiger partial charge >= 0.3 is 5.97 Å². The predicted molar refractivity (Wildman–Crippen MR) is 52.6 cm³/mol. The van der Waals surface area contributed by atoms with Crippen molar-refractivity contribution in [3.8, 4) is 0 Å². The van der Waals surface area contributed by atoms with Crippen LogP contribution in [0.15, 0.2) is 4.99 Å². The van der Waals surface area contributed by atoms with Gasteiger partial charge in [-0.05, 0) is 20.3 Å². The first-order chi connectivity index (χ1) is 5.61. The van der Waals surface area contributed by atoms with Crippen molar-refractivity contribution in [3.05, 3.63) is 0 Å². The van der Waals surface area contributed by atoms with Crippen LogP contribution in [0.1, 0.15) is 27.2 Å². The molecule has 0 unspecified atom stereocenters. The third-order valence-electron chi connectivity index (χ3n) is 1.17. The van der Waals surface area contributed by atoms with Gasteiger partial charge in [-0.2, -0.15) is 0 Å². The minimum atomic E-state index is -0.395. The second kappa shape index (κ2) is 5.83. The van der Waals surface area contributed by atoms with Gasteiger partial charge in [-0.25, -0.2) is 9.79 Å². The molecule has 0 aromatic carbocycles. The first-order valence-corrected chi connectivity index (χ1v) is 4.27. The van der Waals surface area contributed by atoms with E-state index in [2.05, 4.69) is 4.99 Å². The van der Waals surface area contributed by atoms with Crippen molar-refractivity contribution < 1.29 is 9.53 Å². The number of esters is 1. The first kappa shape index (κ1) is 11.2. The summed E-state index contributed by atoms with van der Waals surface area (Å²) in [5, 5.41) is 0. The number of thiocarbonyl (C=S) groups is 1. The van der Waals surface area contributed by atoms with Gasteiger partial charge in [-0.3, -0.25) is 0 Å². The molecule has 0 bridgehead atoms. The summed E-state index contributed by atoms with van der Waals surface area (Å²) in [7, 11) is 0. The maximum Gasteiger partial charge on any atom is 0.352 e. The second-order valence-corrected chi connectivity index (χ2v) is 2.64. The third-order valence-corrected chi connectivity index (χ3v) is 1.55. The van der Waals surface area contributed by atoms with E-state index >= 15 is 0 Å². The minimum absolute atomic E-state index is 0.323. The highest BCUT2D eigenvalue weighted by molar-refractivity contribution is 7.80. The zero-order valence-electron chi connectivity index (χ0n) is 7.59. The van der Waals surface area contributed by atoms with Crippen molar-refractivity contribution in [1.29, 1.82) is 0 Å². The molecule has 4 heteroatoms. The molecule has 0 aromatic rings. The number of hydrogen-bond donors (Lipinski definition) is 0. The van der Waals surface area contributed by atoms with Gasteiger partial charge in [-0.1, -0.05) is 19.1 Å². The Hall–Kier alpha value is -0.770. The second-order valence-electron chi connectivity index (χ2n) is 2.16. The molecule has 0 amide bonds. The summed E-state index contributed by atoms with van der Waals surface area (Å²) in [6.45, 7) is 5.61. The lowest BCUT2D eigenvalue weighted by Crippen LogP contribution is -2.15. The van der Waals surface area contributed by atoms with Crippen LogP contribution in [0.5, 0.6) is 0 Å². The maximum atomic E-state index is 11.0. The topological polar surface area (TPSA) is 38.7 Å². The van der Waals surface area contributed by atoms with Crippen LogP contribution >= 0.6 is 12.2 Å². The van der Waals surface area contributed by atoms with Crippen molar-refractivity contribution in [3.63, 3.8) is 0 Å². The molecule has 0 aliphatic rings. The SMILES string of the molecule is CCOC(=O)C(C)=NC(=S)CC. The smallest absolute Gasteiger partial charge is 0.352 e. The van der Waals surface area contributed by atoms with E-state index in [0.717, 1.165) is 0 Å². The van der Waals surface area contributed by atoms with Crippen LogP contribution < -0.4 is 0 Å². The summed E-state index contributed by atoms with van der Waals surface area (Å²) in [5.41, 5.74) is 0.323. The fourth-order valence-electron chi connectivity index (χ4n) is 0.547. The van der Waals surface area contributed by atoms with E-state index in [1.165, 1.54) is 0 Å². The Morgan fingerprint density at radius 1 is 1.50 bits per heavy atom. The van der Waals surface area contributed by atoms with Crippen molar-refractivity contribution >= 4 is 28.9 Å². The van der Waals surface area contributed by atoms with Gasteiger partial charge in [0.1, 0.15) is 10.7 Å². The van der Waals surface area contributed by atoms with Crippen LogP contribution in [0.25, 0.3) is 0 Å². The molecule has 68 valence electrons. The van der Waals surface area contributed by atoms with Gasteiger partial charge in [-0.15, -0.1) is 0 Å². The lowest BCUT2D eigenvalue weighted by molar-refractivity contribution is -0.135. The Bertz CT molecular complexity index is 211. The first-order valence-electron chi connectivity index (χ1n) is 3.87. The Labute approximate surface area is 77.8 Å². The highest BCUT2D eigenvalue weighted by atomic mass is 32.1. The number of nitrogens with zero attached hydrogens (tertiary/aromatic N) is 1. The Morgan fingerprint density at radius 3 is 2.50 bits per heavy atom. The number of aliphatic imine (C=N–C) groups is 1. The normalized spacial score (nSPS) is 11.1. The van der Waals surface area contributed by atoms with E-state index < -0.39 is 5.97 Å². The lowest BCUT2D eigenvalue weighted by atomic mass is 10.4. The molecule has 0 saturated carbocycles. The van der Waals surface area contributed by atoms with Gasteiger partial charge in [0.15, 0.2) is 0 Å². The summed E-state index contributed by atoms with van der Waals surface area (Å²) in [4.78, 5) is 15.4. The monoisotopic (exact) mass is 187 g/mol. The van der Waals surface area contributed by atoms with E-state index in [1.54, 1.807) is 13.8 Å². The Balaban J connectivity index is 4.17. The average Bonchev–Trinajstić information content (AvgIpc) is 2.04. The van der Waals surface area contributed by atoms with Crippen molar-refractivity contribution in [2.75, 3.05) is 6.61 Å². The number of carbonyl (C=O) groups is 1. The predicted octanol–water partition coefficient (Wildman–Crippen LogP) is 1.75. The summed E-state index contributed by atoms with van der Waals surface area (Å²) < 4.78 is 4.72. The largest absolute Gasteiger partial charge is 0.462 e. The number of carbonyl (C=O) groups excluding carboxylic acids is 1. The molecule has 0 aliphatic carbocycles. The van der Waals surface area contributed by atoms with Crippen molar-refractivity contribution in [2.45, 2.75) is 27.2 Å². The number of hydrogen-bond acceptors (Lipinski definition) is 3. The zero-order valence-corrected chi connectivity index (χ0v) is 8.40. The number of rotatable bonds is 3. The molecule has 0 aromatic heterocycles. The maximum absolute atomic E-state index is 11.0. The van der Waals surface area contributed by atoms with Gasteiger partial charge < -0.3 is 4.74 Å². The molecule has 0 spiro atoms. The Morgan fingerprint density at radius 2 is 2.08 bits per heavy atom. The molecule has 0 rings (SSSR count). The summed E-state index contributed by atoms with van der Waals surface area (Å²) in [5.74, 6) is -0.395. The van der Waals surface area contributed by atoms with Gasteiger partial charge in [0.2, 0.25) is 0 Å². The van der Waals surface area contributed by atoms with Crippen LogP contribution in [-0.2, 0) is 9.53 Å². The number of ether oxygens (including phenoxy) is 1. The third kappa shape index (κ3) is 4.18. The standard InChI is InChI=1S/C8H13NO2S/c1-4-7(12)9-6(3)8(10)11-5-2/h4-5H2,1-3H3. The molecule has 0 saturated heterocycles. The van der Waals surface area contributed by atoms with E-state index in [9.17, 15) is 4.79 Å². The summed E-state index contributed by atoms with van der Waals surface area (Å²) >= 11 is 4.84. The lowest BCUT2D eigenvalue weighted by Gasteiger charge is -1.99. The quantitative estimate of drug-likeness (QED) is 0.384. The summed E-state index contributed by atoms with van der Waals surface area (Å²) in [6, 6.07) is 0. The molecule has 0 heterocycles. The van der Waals surface area contributed by atoms with Crippen LogP contribution in [0.4, 0.5) is 0 Å². The van der Waals surface area contributed by atoms with Crippen LogP contribution in [0, 0.1) is 0 Å². The van der Waals surface area contributed by atoms with Crippen LogP contribution in [0.2, 0.25) is 0 Å². The van der Waals surface area contributed by atoms with Gasteiger partial charge in [0.05, 0.1) is 6.61 Å². The van der Waals surface area contributed by atoms with E-state index in [4.69, 9.17) is 17.0 Å². The molecule has 0 fully saturated rings. The fourth-order valence-corrected chi connectivity index (χ4v) is 0.684. The minimum Gasteiger partial charge on any atom is -0.462 e. The molecule has 0 radical (unpaired) electrons. The van der Waals surface area contributed by atoms with Crippen molar-refractivity contribution in [2.24, 2.45) is 4.99 Å². The molecular weight excluding hydrogens is 174 g/mol. The highest BCUT2D eigenvalue weighted by Crippen LogP contribution is 1.91. The van der Waals surface area contributed by atoms with Gasteiger partial charge in [0, 0.05) is 0 Å². The van der Waals surface area contributed by atoms with Gasteiger partial charge in [0.25, 0.3) is 0 Å². The molecule has 12 heavy (non-hydrogen) atoms. The molecule has 3 nitrogen and oxygen atoms in total. The van der Waals surface area contributed by atoms with Crippen LogP contribution in [0.3, 0.4) is 0 Å². The fraction of sp³-hybridized carbons (Fsp3) is 0.625. The summed E-state index contributed by atoms with van der Waals surface area (Å²) in [6.07, 6.45) is 0.673. The van der Waals surface area contributed by atoms with E-state index in [0.29, 0.717) is 23.7 Å². The van der Waals surface area contributed by atoms with E-state index in [-0.39, 0.29) is 0 Å². The molecule has 0 aliphatic heterocycles. The van der Waals surface area contributed by atoms with Crippen molar-refractivity contribution in [1.82, 2.24) is 0 Å². The molecule has 0 atom stereocenters.